The Hall–Kier alpha value is -1.39. The first-order chi connectivity index (χ1) is 10.2. The molecule has 1 atom stereocenters. The average Bonchev–Trinajstić information content (AvgIpc) is 2.95. The third kappa shape index (κ3) is 4.05. The van der Waals surface area contributed by atoms with E-state index in [1.807, 2.05) is 6.20 Å². The normalized spacial score (nSPS) is 12.4. The van der Waals surface area contributed by atoms with Gasteiger partial charge >= 0.3 is 0 Å². The van der Waals surface area contributed by atoms with Crippen LogP contribution >= 0.6 is 11.3 Å². The number of thiazole rings is 1. The summed E-state index contributed by atoms with van der Waals surface area (Å²) in [6, 6.07) is 8.96. The van der Waals surface area contributed by atoms with Crippen LogP contribution in [0.5, 0.6) is 0 Å². The zero-order valence-electron chi connectivity index (χ0n) is 13.4. The zero-order chi connectivity index (χ0) is 15.2. The van der Waals surface area contributed by atoms with Crippen molar-refractivity contribution in [2.75, 3.05) is 18.0 Å². The standard InChI is InChI=1S/C17H25N3S/c1-5-10-18-14(4)16-12-19-17(21-16)20(6-2)15-9-7-8-13(3)11-15/h7-9,11-12,14,18H,5-6,10H2,1-4H3. The number of hydrogen-bond donors (Lipinski definition) is 1. The maximum atomic E-state index is 4.63. The van der Waals surface area contributed by atoms with E-state index in [0.29, 0.717) is 6.04 Å². The summed E-state index contributed by atoms with van der Waals surface area (Å²) in [4.78, 5) is 8.19. The number of aromatic nitrogens is 1. The number of benzene rings is 1. The second-order valence-corrected chi connectivity index (χ2v) is 6.34. The Morgan fingerprint density at radius 1 is 1.33 bits per heavy atom. The van der Waals surface area contributed by atoms with Crippen molar-refractivity contribution in [1.82, 2.24) is 10.3 Å². The topological polar surface area (TPSA) is 28.2 Å². The fourth-order valence-electron chi connectivity index (χ4n) is 2.29. The lowest BCUT2D eigenvalue weighted by Crippen LogP contribution is -2.18. The van der Waals surface area contributed by atoms with Gasteiger partial charge in [0.15, 0.2) is 5.13 Å². The van der Waals surface area contributed by atoms with Crippen LogP contribution in [0, 0.1) is 6.92 Å². The smallest absolute Gasteiger partial charge is 0.190 e. The molecule has 1 aromatic carbocycles. The SMILES string of the molecule is CCCNC(C)c1cnc(N(CC)c2cccc(C)c2)s1. The van der Waals surface area contributed by atoms with Crippen LogP contribution in [0.1, 0.15) is 43.7 Å². The van der Waals surface area contributed by atoms with Crippen molar-refractivity contribution >= 4 is 22.2 Å². The van der Waals surface area contributed by atoms with Crippen molar-refractivity contribution in [2.45, 2.75) is 40.2 Å². The molecule has 114 valence electrons. The highest BCUT2D eigenvalue weighted by molar-refractivity contribution is 7.15. The van der Waals surface area contributed by atoms with Gasteiger partial charge < -0.3 is 10.2 Å². The van der Waals surface area contributed by atoms with Crippen LogP contribution in [0.25, 0.3) is 0 Å². The van der Waals surface area contributed by atoms with Crippen LogP contribution in [-0.2, 0) is 0 Å². The number of aryl methyl sites for hydroxylation is 1. The molecule has 0 aliphatic heterocycles. The minimum atomic E-state index is 0.368. The number of nitrogens with zero attached hydrogens (tertiary/aromatic N) is 2. The van der Waals surface area contributed by atoms with Gasteiger partial charge in [-0.3, -0.25) is 0 Å². The Morgan fingerprint density at radius 2 is 2.14 bits per heavy atom. The maximum absolute atomic E-state index is 4.63. The van der Waals surface area contributed by atoms with E-state index in [4.69, 9.17) is 0 Å². The molecule has 1 aromatic heterocycles. The molecule has 0 saturated carbocycles. The second kappa shape index (κ2) is 7.57. The average molecular weight is 303 g/mol. The third-order valence-corrected chi connectivity index (χ3v) is 4.70. The predicted molar refractivity (Wildman–Crippen MR) is 92.7 cm³/mol. The first kappa shape index (κ1) is 16.0. The minimum absolute atomic E-state index is 0.368. The van der Waals surface area contributed by atoms with Gasteiger partial charge in [-0.1, -0.05) is 30.4 Å². The molecular weight excluding hydrogens is 278 g/mol. The number of hydrogen-bond acceptors (Lipinski definition) is 4. The van der Waals surface area contributed by atoms with Gasteiger partial charge in [-0.25, -0.2) is 4.98 Å². The minimum Gasteiger partial charge on any atom is -0.318 e. The van der Waals surface area contributed by atoms with Crippen LogP contribution in [-0.4, -0.2) is 18.1 Å². The molecule has 0 aliphatic rings. The summed E-state index contributed by atoms with van der Waals surface area (Å²) in [6.45, 7) is 10.7. The van der Waals surface area contributed by atoms with E-state index < -0.39 is 0 Å². The molecule has 4 heteroatoms. The fraction of sp³-hybridized carbons (Fsp3) is 0.471. The highest BCUT2D eigenvalue weighted by Crippen LogP contribution is 2.32. The van der Waals surface area contributed by atoms with Crippen LogP contribution in [0.3, 0.4) is 0 Å². The molecule has 2 aromatic rings. The Bertz CT molecular complexity index is 565. The lowest BCUT2D eigenvalue weighted by atomic mass is 10.2. The lowest BCUT2D eigenvalue weighted by molar-refractivity contribution is 0.577. The summed E-state index contributed by atoms with van der Waals surface area (Å²) in [7, 11) is 0. The molecule has 0 bridgehead atoms. The molecule has 1 unspecified atom stereocenters. The molecule has 0 saturated heterocycles. The van der Waals surface area contributed by atoms with Gasteiger partial charge in [0.25, 0.3) is 0 Å². The summed E-state index contributed by atoms with van der Waals surface area (Å²) in [5.74, 6) is 0. The summed E-state index contributed by atoms with van der Waals surface area (Å²) in [6.07, 6.45) is 3.16. The number of anilines is 2. The van der Waals surface area contributed by atoms with Crippen LogP contribution < -0.4 is 10.2 Å². The molecule has 2 rings (SSSR count). The van der Waals surface area contributed by atoms with Crippen molar-refractivity contribution < 1.29 is 0 Å². The monoisotopic (exact) mass is 303 g/mol. The van der Waals surface area contributed by atoms with Gasteiger partial charge in [-0.15, -0.1) is 0 Å². The van der Waals surface area contributed by atoms with Crippen LogP contribution in [0.4, 0.5) is 10.8 Å². The molecule has 21 heavy (non-hydrogen) atoms. The predicted octanol–water partition coefficient (Wildman–Crippen LogP) is 4.67. The van der Waals surface area contributed by atoms with Crippen LogP contribution in [0.2, 0.25) is 0 Å². The van der Waals surface area contributed by atoms with Crippen molar-refractivity contribution in [3.05, 3.63) is 40.9 Å². The highest BCUT2D eigenvalue weighted by Gasteiger charge is 2.14. The zero-order valence-corrected chi connectivity index (χ0v) is 14.2. The summed E-state index contributed by atoms with van der Waals surface area (Å²) in [5.41, 5.74) is 2.49. The third-order valence-electron chi connectivity index (χ3n) is 3.50. The van der Waals surface area contributed by atoms with Gasteiger partial charge in [0.1, 0.15) is 0 Å². The van der Waals surface area contributed by atoms with E-state index in [9.17, 15) is 0 Å². The molecular formula is C17H25N3S. The Morgan fingerprint density at radius 3 is 2.81 bits per heavy atom. The molecule has 0 amide bonds. The van der Waals surface area contributed by atoms with E-state index >= 15 is 0 Å². The van der Waals surface area contributed by atoms with Crippen molar-refractivity contribution in [2.24, 2.45) is 0 Å². The molecule has 0 radical (unpaired) electrons. The van der Waals surface area contributed by atoms with Gasteiger partial charge in [0.2, 0.25) is 0 Å². The first-order valence-corrected chi connectivity index (χ1v) is 8.50. The molecule has 0 fully saturated rings. The van der Waals surface area contributed by atoms with E-state index in [-0.39, 0.29) is 0 Å². The summed E-state index contributed by atoms with van der Waals surface area (Å²) >= 11 is 1.78. The van der Waals surface area contributed by atoms with Gasteiger partial charge in [-0.2, -0.15) is 0 Å². The summed E-state index contributed by atoms with van der Waals surface area (Å²) in [5, 5.41) is 4.59. The quantitative estimate of drug-likeness (QED) is 0.805. The van der Waals surface area contributed by atoms with E-state index in [1.165, 1.54) is 16.1 Å². The van der Waals surface area contributed by atoms with Crippen molar-refractivity contribution in [1.29, 1.82) is 0 Å². The molecule has 3 nitrogen and oxygen atoms in total. The Labute approximate surface area is 132 Å². The maximum Gasteiger partial charge on any atom is 0.190 e. The van der Waals surface area contributed by atoms with Gasteiger partial charge in [0.05, 0.1) is 0 Å². The summed E-state index contributed by atoms with van der Waals surface area (Å²) < 4.78 is 0. The van der Waals surface area contributed by atoms with Crippen LogP contribution in [0.15, 0.2) is 30.5 Å². The van der Waals surface area contributed by atoms with E-state index in [1.54, 1.807) is 11.3 Å². The largest absolute Gasteiger partial charge is 0.318 e. The second-order valence-electron chi connectivity index (χ2n) is 5.30. The van der Waals surface area contributed by atoms with Crippen molar-refractivity contribution in [3.63, 3.8) is 0 Å². The molecule has 0 aliphatic carbocycles. The Balaban J connectivity index is 2.18. The number of nitrogens with one attached hydrogen (secondary N) is 1. The van der Waals surface area contributed by atoms with E-state index in [2.05, 4.69) is 67.2 Å². The Kier molecular flexibility index (Phi) is 5.76. The first-order valence-electron chi connectivity index (χ1n) is 7.69. The highest BCUT2D eigenvalue weighted by atomic mass is 32.1. The van der Waals surface area contributed by atoms with Crippen molar-refractivity contribution in [3.8, 4) is 0 Å². The molecule has 0 spiro atoms. The lowest BCUT2D eigenvalue weighted by Gasteiger charge is -2.20. The number of rotatable bonds is 7. The van der Waals surface area contributed by atoms with E-state index in [0.717, 1.165) is 24.6 Å². The molecule has 1 heterocycles. The van der Waals surface area contributed by atoms with Gasteiger partial charge in [-0.05, 0) is 51.4 Å². The molecule has 1 N–H and O–H groups in total. The fourth-order valence-corrected chi connectivity index (χ4v) is 3.31. The van der Waals surface area contributed by atoms with Gasteiger partial charge in [0, 0.05) is 29.3 Å².